The quantitative estimate of drug-likeness (QED) is 0.205. The number of carbonyl (C=O) groups excluding carboxylic acids is 1. The van der Waals surface area contributed by atoms with Gasteiger partial charge in [0, 0.05) is 46.3 Å². The van der Waals surface area contributed by atoms with Crippen molar-refractivity contribution in [3.8, 4) is 0 Å². The van der Waals surface area contributed by atoms with Crippen molar-refractivity contribution >= 4 is 45.9 Å². The summed E-state index contributed by atoms with van der Waals surface area (Å²) in [5.41, 5.74) is 1.65. The maximum atomic E-state index is 11.9. The fourth-order valence-electron chi connectivity index (χ4n) is 2.39. The Bertz CT molecular complexity index is 752. The molecule has 0 radical (unpaired) electrons. The van der Waals surface area contributed by atoms with Crippen molar-refractivity contribution < 1.29 is 13.2 Å². The van der Waals surface area contributed by atoms with Gasteiger partial charge in [0.05, 0.1) is 12.3 Å². The lowest BCUT2D eigenvalue weighted by molar-refractivity contribution is 0.0827. The molecule has 2 N–H and O–H groups in total. The number of amides is 1. The van der Waals surface area contributed by atoms with Gasteiger partial charge in [0.2, 0.25) is 10.0 Å². The van der Waals surface area contributed by atoms with Crippen LogP contribution < -0.4 is 10.6 Å². The van der Waals surface area contributed by atoms with Crippen LogP contribution in [0, 0.1) is 0 Å². The molecule has 0 saturated carbocycles. The van der Waals surface area contributed by atoms with Crippen molar-refractivity contribution in [2.75, 3.05) is 46.5 Å². The summed E-state index contributed by atoms with van der Waals surface area (Å²) in [6, 6.07) is 7.40. The number of carbonyl (C=O) groups is 1. The lowest BCUT2D eigenvalue weighted by Gasteiger charge is -2.16. The van der Waals surface area contributed by atoms with Gasteiger partial charge in [0.15, 0.2) is 5.96 Å². The largest absolute Gasteiger partial charge is 0.357 e. The molecule has 166 valence electrons. The standard InChI is InChI=1S/C19H33N5O3S.HI/c1-6-20-19(21-13-8-14-24(5)28(26,27)7-2)22-15-16-9-11-17(12-10-16)18(25)23(3)4;/h9-12H,6-8,13-15H2,1-5H3,(H2,20,21,22);1H. The molecule has 0 aliphatic heterocycles. The van der Waals surface area contributed by atoms with Crippen molar-refractivity contribution in [2.45, 2.75) is 26.8 Å². The molecule has 10 heteroatoms. The van der Waals surface area contributed by atoms with Crippen LogP contribution in [0.2, 0.25) is 0 Å². The lowest BCUT2D eigenvalue weighted by atomic mass is 10.1. The summed E-state index contributed by atoms with van der Waals surface area (Å²) >= 11 is 0. The monoisotopic (exact) mass is 539 g/mol. The molecule has 0 heterocycles. The zero-order valence-electron chi connectivity index (χ0n) is 17.9. The van der Waals surface area contributed by atoms with Crippen LogP contribution in [0.4, 0.5) is 0 Å². The summed E-state index contributed by atoms with van der Waals surface area (Å²) in [7, 11) is 1.92. The van der Waals surface area contributed by atoms with Gasteiger partial charge in [-0.15, -0.1) is 24.0 Å². The number of nitrogens with zero attached hydrogens (tertiary/aromatic N) is 3. The van der Waals surface area contributed by atoms with Crippen LogP contribution in [0.5, 0.6) is 0 Å². The van der Waals surface area contributed by atoms with E-state index in [-0.39, 0.29) is 35.6 Å². The topological polar surface area (TPSA) is 94.1 Å². The van der Waals surface area contributed by atoms with Crippen molar-refractivity contribution in [1.82, 2.24) is 19.8 Å². The van der Waals surface area contributed by atoms with E-state index in [9.17, 15) is 13.2 Å². The summed E-state index contributed by atoms with van der Waals surface area (Å²) in [6.07, 6.45) is 0.682. The third-order valence-corrected chi connectivity index (χ3v) is 6.01. The number of nitrogens with one attached hydrogen (secondary N) is 2. The highest BCUT2D eigenvalue weighted by atomic mass is 127. The zero-order chi connectivity index (χ0) is 21.2. The minimum Gasteiger partial charge on any atom is -0.357 e. The molecule has 0 unspecified atom stereocenters. The van der Waals surface area contributed by atoms with Crippen molar-refractivity contribution in [3.63, 3.8) is 0 Å². The van der Waals surface area contributed by atoms with Crippen LogP contribution in [0.25, 0.3) is 0 Å². The van der Waals surface area contributed by atoms with Gasteiger partial charge in [-0.1, -0.05) is 12.1 Å². The molecule has 8 nitrogen and oxygen atoms in total. The van der Waals surface area contributed by atoms with Gasteiger partial charge in [-0.25, -0.2) is 17.7 Å². The van der Waals surface area contributed by atoms with Gasteiger partial charge in [0.1, 0.15) is 0 Å². The minimum atomic E-state index is -3.14. The number of aliphatic imine (C=N–C) groups is 1. The maximum absolute atomic E-state index is 11.9. The number of rotatable bonds is 10. The molecule has 29 heavy (non-hydrogen) atoms. The van der Waals surface area contributed by atoms with E-state index in [0.717, 1.165) is 12.1 Å². The Morgan fingerprint density at radius 1 is 1.07 bits per heavy atom. The highest BCUT2D eigenvalue weighted by Crippen LogP contribution is 2.07. The highest BCUT2D eigenvalue weighted by Gasteiger charge is 2.14. The van der Waals surface area contributed by atoms with E-state index in [4.69, 9.17) is 0 Å². The van der Waals surface area contributed by atoms with E-state index in [1.807, 2.05) is 19.1 Å². The summed E-state index contributed by atoms with van der Waals surface area (Å²) in [5, 5.41) is 6.39. The second kappa shape index (κ2) is 13.8. The van der Waals surface area contributed by atoms with Gasteiger partial charge in [-0.3, -0.25) is 4.79 Å². The molecule has 0 saturated heterocycles. The maximum Gasteiger partial charge on any atom is 0.253 e. The molecule has 0 aliphatic carbocycles. The van der Waals surface area contributed by atoms with E-state index in [1.54, 1.807) is 45.1 Å². The smallest absolute Gasteiger partial charge is 0.253 e. The molecule has 1 amide bonds. The molecule has 0 fully saturated rings. The number of benzene rings is 1. The summed E-state index contributed by atoms with van der Waals surface area (Å²) < 4.78 is 24.9. The Kier molecular flexibility index (Phi) is 13.1. The van der Waals surface area contributed by atoms with E-state index in [2.05, 4.69) is 15.6 Å². The van der Waals surface area contributed by atoms with E-state index in [1.165, 1.54) is 4.31 Å². The van der Waals surface area contributed by atoms with Crippen LogP contribution in [0.1, 0.15) is 36.2 Å². The average molecular weight is 539 g/mol. The van der Waals surface area contributed by atoms with Crippen molar-refractivity contribution in [2.24, 2.45) is 4.99 Å². The Morgan fingerprint density at radius 2 is 1.69 bits per heavy atom. The Labute approximate surface area is 192 Å². The second-order valence-electron chi connectivity index (χ2n) is 6.59. The number of hydrogen-bond donors (Lipinski definition) is 2. The van der Waals surface area contributed by atoms with Crippen LogP contribution in [0.3, 0.4) is 0 Å². The fourth-order valence-corrected chi connectivity index (χ4v) is 3.24. The lowest BCUT2D eigenvalue weighted by Crippen LogP contribution is -2.39. The average Bonchev–Trinajstić information content (AvgIpc) is 2.68. The first-order valence-electron chi connectivity index (χ1n) is 9.48. The summed E-state index contributed by atoms with van der Waals surface area (Å²) in [4.78, 5) is 18.0. The van der Waals surface area contributed by atoms with Crippen LogP contribution in [-0.2, 0) is 16.6 Å². The van der Waals surface area contributed by atoms with Gasteiger partial charge in [-0.2, -0.15) is 0 Å². The Balaban J connectivity index is 0.00000784. The van der Waals surface area contributed by atoms with Crippen LogP contribution >= 0.6 is 24.0 Å². The first kappa shape index (κ1) is 27.6. The zero-order valence-corrected chi connectivity index (χ0v) is 21.1. The van der Waals surface area contributed by atoms with Gasteiger partial charge in [0.25, 0.3) is 5.91 Å². The highest BCUT2D eigenvalue weighted by molar-refractivity contribution is 14.0. The second-order valence-corrected chi connectivity index (χ2v) is 8.96. The number of hydrogen-bond acceptors (Lipinski definition) is 4. The first-order chi connectivity index (χ1) is 13.2. The molecule has 1 aromatic rings. The summed E-state index contributed by atoms with van der Waals surface area (Å²) in [6.45, 7) is 5.92. The van der Waals surface area contributed by atoms with Gasteiger partial charge >= 0.3 is 0 Å². The molecule has 0 aromatic heterocycles. The molecule has 0 atom stereocenters. The van der Waals surface area contributed by atoms with Crippen LogP contribution in [-0.4, -0.2) is 76.0 Å². The summed E-state index contributed by atoms with van der Waals surface area (Å²) in [5.74, 6) is 0.761. The number of halogens is 1. The molecule has 1 aromatic carbocycles. The Hall–Kier alpha value is -1.40. The van der Waals surface area contributed by atoms with Crippen LogP contribution in [0.15, 0.2) is 29.3 Å². The molecular weight excluding hydrogens is 505 g/mol. The van der Waals surface area contributed by atoms with E-state index < -0.39 is 10.0 Å². The Morgan fingerprint density at radius 3 is 2.21 bits per heavy atom. The molecular formula is C19H34IN5O3S. The third-order valence-electron chi connectivity index (χ3n) is 4.15. The van der Waals surface area contributed by atoms with Gasteiger partial charge in [-0.05, 0) is 38.0 Å². The predicted octanol–water partition coefficient (Wildman–Crippen LogP) is 1.73. The fraction of sp³-hybridized carbons (Fsp3) is 0.579. The van der Waals surface area contributed by atoms with Gasteiger partial charge < -0.3 is 15.5 Å². The van der Waals surface area contributed by atoms with E-state index >= 15 is 0 Å². The SMILES string of the molecule is CCNC(=NCc1ccc(C(=O)N(C)C)cc1)NCCCN(C)S(=O)(=O)CC.I. The molecule has 0 spiro atoms. The van der Waals surface area contributed by atoms with Crippen molar-refractivity contribution in [3.05, 3.63) is 35.4 Å². The normalized spacial score (nSPS) is 11.7. The molecule has 1 rings (SSSR count). The first-order valence-corrected chi connectivity index (χ1v) is 11.1. The minimum absolute atomic E-state index is 0. The van der Waals surface area contributed by atoms with Crippen molar-refractivity contribution in [1.29, 1.82) is 0 Å². The number of sulfonamides is 1. The molecule has 0 bridgehead atoms. The molecule has 0 aliphatic rings. The van der Waals surface area contributed by atoms with E-state index in [0.29, 0.717) is 37.6 Å². The third kappa shape index (κ3) is 9.77. The number of guanidine groups is 1. The predicted molar refractivity (Wildman–Crippen MR) is 129 cm³/mol.